The standard InChI is InChI=1S/C23H23N3O2/c1-15-5-4-6-18(10-15)12-25-22(27)19-11-20(14-24-13-19)23(28)26-21-8-7-16(2)9-17(21)3/h4-11,13-14H,12H2,1-3H3,(H,25,27)(H,26,28). The number of pyridine rings is 1. The smallest absolute Gasteiger partial charge is 0.257 e. The van der Waals surface area contributed by atoms with Crippen molar-refractivity contribution >= 4 is 17.5 Å². The predicted molar refractivity (Wildman–Crippen MR) is 110 cm³/mol. The summed E-state index contributed by atoms with van der Waals surface area (Å²) < 4.78 is 0. The molecule has 2 N–H and O–H groups in total. The van der Waals surface area contributed by atoms with Crippen LogP contribution in [0.1, 0.15) is 43.0 Å². The highest BCUT2D eigenvalue weighted by molar-refractivity contribution is 6.06. The van der Waals surface area contributed by atoms with Crippen molar-refractivity contribution in [3.8, 4) is 0 Å². The number of anilines is 1. The lowest BCUT2D eigenvalue weighted by Crippen LogP contribution is -2.23. The van der Waals surface area contributed by atoms with E-state index in [0.717, 1.165) is 27.9 Å². The summed E-state index contributed by atoms with van der Waals surface area (Å²) in [7, 11) is 0. The van der Waals surface area contributed by atoms with Gasteiger partial charge in [-0.25, -0.2) is 0 Å². The average Bonchev–Trinajstić information content (AvgIpc) is 2.68. The molecule has 142 valence electrons. The molecular weight excluding hydrogens is 350 g/mol. The number of nitrogens with zero attached hydrogens (tertiary/aromatic N) is 1. The predicted octanol–water partition coefficient (Wildman–Crippen LogP) is 4.19. The maximum atomic E-state index is 12.6. The molecule has 5 nitrogen and oxygen atoms in total. The summed E-state index contributed by atoms with van der Waals surface area (Å²) in [6.07, 6.45) is 2.91. The van der Waals surface area contributed by atoms with Gasteiger partial charge in [0, 0.05) is 24.6 Å². The van der Waals surface area contributed by atoms with Gasteiger partial charge in [-0.15, -0.1) is 0 Å². The van der Waals surface area contributed by atoms with E-state index in [1.165, 1.54) is 12.4 Å². The Balaban J connectivity index is 1.68. The average molecular weight is 373 g/mol. The molecule has 2 aromatic carbocycles. The van der Waals surface area contributed by atoms with Crippen molar-refractivity contribution in [2.75, 3.05) is 5.32 Å². The van der Waals surface area contributed by atoms with Gasteiger partial charge in [0.05, 0.1) is 11.1 Å². The largest absolute Gasteiger partial charge is 0.348 e. The van der Waals surface area contributed by atoms with Gasteiger partial charge >= 0.3 is 0 Å². The van der Waals surface area contributed by atoms with E-state index in [4.69, 9.17) is 0 Å². The van der Waals surface area contributed by atoms with Gasteiger partial charge in [-0.05, 0) is 44.0 Å². The SMILES string of the molecule is Cc1cccc(CNC(=O)c2cncc(C(=O)Nc3ccc(C)cc3C)c2)c1. The fraction of sp³-hybridized carbons (Fsp3) is 0.174. The first-order chi connectivity index (χ1) is 13.4. The third kappa shape index (κ3) is 4.82. The third-order valence-electron chi connectivity index (χ3n) is 4.43. The fourth-order valence-corrected chi connectivity index (χ4v) is 2.94. The molecule has 0 spiro atoms. The Hall–Kier alpha value is -3.47. The molecule has 0 unspecified atom stereocenters. The van der Waals surface area contributed by atoms with Crippen LogP contribution in [-0.2, 0) is 6.54 Å². The zero-order valence-corrected chi connectivity index (χ0v) is 16.2. The van der Waals surface area contributed by atoms with Gasteiger partial charge in [-0.2, -0.15) is 0 Å². The molecule has 0 aliphatic heterocycles. The van der Waals surface area contributed by atoms with Crippen molar-refractivity contribution in [1.82, 2.24) is 10.3 Å². The summed E-state index contributed by atoms with van der Waals surface area (Å²) in [5.41, 5.74) is 5.69. The second kappa shape index (κ2) is 8.48. The number of benzene rings is 2. The van der Waals surface area contributed by atoms with Crippen molar-refractivity contribution in [3.63, 3.8) is 0 Å². The van der Waals surface area contributed by atoms with Gasteiger partial charge in [0.15, 0.2) is 0 Å². The zero-order valence-electron chi connectivity index (χ0n) is 16.2. The second-order valence-corrected chi connectivity index (χ2v) is 6.91. The van der Waals surface area contributed by atoms with Crippen molar-refractivity contribution in [2.45, 2.75) is 27.3 Å². The van der Waals surface area contributed by atoms with Crippen LogP contribution in [0, 0.1) is 20.8 Å². The molecule has 0 bridgehead atoms. The van der Waals surface area contributed by atoms with Gasteiger partial charge in [-0.1, -0.05) is 47.5 Å². The number of carbonyl (C=O) groups is 2. The Morgan fingerprint density at radius 1 is 0.857 bits per heavy atom. The van der Waals surface area contributed by atoms with E-state index < -0.39 is 0 Å². The van der Waals surface area contributed by atoms with Crippen LogP contribution >= 0.6 is 0 Å². The van der Waals surface area contributed by atoms with Crippen molar-refractivity contribution in [2.24, 2.45) is 0 Å². The molecule has 0 atom stereocenters. The monoisotopic (exact) mass is 373 g/mol. The summed E-state index contributed by atoms with van der Waals surface area (Å²) in [4.78, 5) is 29.1. The molecule has 5 heteroatoms. The van der Waals surface area contributed by atoms with E-state index >= 15 is 0 Å². The van der Waals surface area contributed by atoms with Crippen LogP contribution in [0.15, 0.2) is 60.9 Å². The van der Waals surface area contributed by atoms with Gasteiger partial charge < -0.3 is 10.6 Å². The number of rotatable bonds is 5. The Morgan fingerprint density at radius 3 is 2.29 bits per heavy atom. The topological polar surface area (TPSA) is 71.1 Å². The van der Waals surface area contributed by atoms with Crippen molar-refractivity contribution in [1.29, 1.82) is 0 Å². The van der Waals surface area contributed by atoms with E-state index in [-0.39, 0.29) is 11.8 Å². The van der Waals surface area contributed by atoms with Gasteiger partial charge in [0.25, 0.3) is 11.8 Å². The minimum Gasteiger partial charge on any atom is -0.348 e. The Kier molecular flexibility index (Phi) is 5.84. The molecule has 3 aromatic rings. The van der Waals surface area contributed by atoms with Crippen LogP contribution in [0.3, 0.4) is 0 Å². The molecule has 1 aromatic heterocycles. The molecular formula is C23H23N3O2. The molecule has 0 aliphatic carbocycles. The van der Waals surface area contributed by atoms with Crippen LogP contribution in [0.25, 0.3) is 0 Å². The highest BCUT2D eigenvalue weighted by atomic mass is 16.2. The van der Waals surface area contributed by atoms with Crippen LogP contribution in [0.4, 0.5) is 5.69 Å². The van der Waals surface area contributed by atoms with E-state index in [1.807, 2.05) is 63.2 Å². The maximum absolute atomic E-state index is 12.6. The molecule has 28 heavy (non-hydrogen) atoms. The van der Waals surface area contributed by atoms with Gasteiger partial charge in [0.2, 0.25) is 0 Å². The van der Waals surface area contributed by atoms with E-state index in [9.17, 15) is 9.59 Å². The Bertz CT molecular complexity index is 1030. The summed E-state index contributed by atoms with van der Waals surface area (Å²) in [5, 5.41) is 5.74. The molecule has 3 rings (SSSR count). The molecule has 1 heterocycles. The number of aromatic nitrogens is 1. The minimum absolute atomic E-state index is 0.268. The first kappa shape index (κ1) is 19.3. The number of nitrogens with one attached hydrogen (secondary N) is 2. The van der Waals surface area contributed by atoms with Gasteiger partial charge in [-0.3, -0.25) is 14.6 Å². The van der Waals surface area contributed by atoms with Crippen LogP contribution in [0.5, 0.6) is 0 Å². The first-order valence-electron chi connectivity index (χ1n) is 9.10. The lowest BCUT2D eigenvalue weighted by atomic mass is 10.1. The van der Waals surface area contributed by atoms with Crippen molar-refractivity contribution in [3.05, 3.63) is 94.3 Å². The van der Waals surface area contributed by atoms with Crippen LogP contribution in [-0.4, -0.2) is 16.8 Å². The zero-order chi connectivity index (χ0) is 20.1. The molecule has 0 saturated carbocycles. The second-order valence-electron chi connectivity index (χ2n) is 6.91. The lowest BCUT2D eigenvalue weighted by Gasteiger charge is -2.10. The number of hydrogen-bond donors (Lipinski definition) is 2. The Labute approximate surface area is 164 Å². The van der Waals surface area contributed by atoms with Gasteiger partial charge in [0.1, 0.15) is 0 Å². The quantitative estimate of drug-likeness (QED) is 0.704. The summed E-state index contributed by atoms with van der Waals surface area (Å²) in [6.45, 7) is 6.37. The summed E-state index contributed by atoms with van der Waals surface area (Å²) in [5.74, 6) is -0.567. The maximum Gasteiger partial charge on any atom is 0.257 e. The summed E-state index contributed by atoms with van der Waals surface area (Å²) >= 11 is 0. The summed E-state index contributed by atoms with van der Waals surface area (Å²) in [6, 6.07) is 15.3. The fourth-order valence-electron chi connectivity index (χ4n) is 2.94. The van der Waals surface area contributed by atoms with Crippen LogP contribution < -0.4 is 10.6 Å². The number of carbonyl (C=O) groups excluding carboxylic acids is 2. The Morgan fingerprint density at radius 2 is 1.57 bits per heavy atom. The van der Waals surface area contributed by atoms with Crippen molar-refractivity contribution < 1.29 is 9.59 Å². The molecule has 0 fully saturated rings. The third-order valence-corrected chi connectivity index (χ3v) is 4.43. The number of aryl methyl sites for hydroxylation is 3. The van der Waals surface area contributed by atoms with E-state index in [2.05, 4.69) is 15.6 Å². The number of amides is 2. The highest BCUT2D eigenvalue weighted by Crippen LogP contribution is 2.17. The van der Waals surface area contributed by atoms with Crippen LogP contribution in [0.2, 0.25) is 0 Å². The van der Waals surface area contributed by atoms with E-state index in [0.29, 0.717) is 17.7 Å². The van der Waals surface area contributed by atoms with E-state index in [1.54, 1.807) is 6.07 Å². The minimum atomic E-state index is -0.298. The highest BCUT2D eigenvalue weighted by Gasteiger charge is 2.12. The molecule has 0 radical (unpaired) electrons. The molecule has 2 amide bonds. The lowest BCUT2D eigenvalue weighted by molar-refractivity contribution is 0.0950. The molecule has 0 saturated heterocycles. The number of hydrogen-bond acceptors (Lipinski definition) is 3. The normalized spacial score (nSPS) is 10.4. The molecule has 0 aliphatic rings. The first-order valence-corrected chi connectivity index (χ1v) is 9.10.